The molecule has 0 aromatic carbocycles. The highest BCUT2D eigenvalue weighted by Crippen LogP contribution is 2.20. The number of aromatic nitrogens is 1. The van der Waals surface area contributed by atoms with Gasteiger partial charge in [-0.25, -0.2) is 4.79 Å². The number of hydrogen-bond donors (Lipinski definition) is 1. The molecule has 1 N–H and O–H groups in total. The first-order valence-electron chi connectivity index (χ1n) is 9.51. The summed E-state index contributed by atoms with van der Waals surface area (Å²) in [7, 11) is 0. The van der Waals surface area contributed by atoms with Crippen molar-refractivity contribution in [2.24, 2.45) is 0 Å². The largest absolute Gasteiger partial charge is 0.376 e. The molecule has 1 aromatic rings. The molecule has 2 saturated heterocycles. The summed E-state index contributed by atoms with van der Waals surface area (Å²) in [4.78, 5) is 21.4. The van der Waals surface area contributed by atoms with Crippen LogP contribution in [0.4, 0.5) is 4.79 Å². The normalized spacial score (nSPS) is 24.1. The molecule has 0 aliphatic carbocycles. The smallest absolute Gasteiger partial charge is 0.317 e. The Kier molecular flexibility index (Phi) is 6.26. The van der Waals surface area contributed by atoms with Gasteiger partial charge in [0.05, 0.1) is 17.8 Å². The third-order valence-electron chi connectivity index (χ3n) is 5.43. The van der Waals surface area contributed by atoms with Crippen molar-refractivity contribution in [2.45, 2.75) is 51.3 Å². The Morgan fingerprint density at radius 3 is 2.76 bits per heavy atom. The minimum absolute atomic E-state index is 0.0486. The second-order valence-electron chi connectivity index (χ2n) is 6.97. The minimum atomic E-state index is 0.0486. The molecule has 138 valence electrons. The summed E-state index contributed by atoms with van der Waals surface area (Å²) < 4.78 is 5.74. The van der Waals surface area contributed by atoms with Gasteiger partial charge in [-0.15, -0.1) is 0 Å². The topological polar surface area (TPSA) is 57.7 Å². The van der Waals surface area contributed by atoms with Crippen LogP contribution in [0.5, 0.6) is 0 Å². The quantitative estimate of drug-likeness (QED) is 0.890. The first-order chi connectivity index (χ1) is 12.2. The third kappa shape index (κ3) is 4.50. The number of carbonyl (C=O) groups excluding carboxylic acids is 1. The van der Waals surface area contributed by atoms with E-state index in [9.17, 15) is 4.79 Å². The van der Waals surface area contributed by atoms with Gasteiger partial charge in [0, 0.05) is 45.0 Å². The van der Waals surface area contributed by atoms with Crippen LogP contribution in [0, 0.1) is 0 Å². The molecule has 0 bridgehead atoms. The van der Waals surface area contributed by atoms with Crippen molar-refractivity contribution in [3.05, 3.63) is 30.1 Å². The Balaban J connectivity index is 1.48. The summed E-state index contributed by atoms with van der Waals surface area (Å²) >= 11 is 0. The van der Waals surface area contributed by atoms with Crippen molar-refractivity contribution in [3.63, 3.8) is 0 Å². The Bertz CT molecular complexity index is 540. The van der Waals surface area contributed by atoms with E-state index in [4.69, 9.17) is 4.74 Å². The van der Waals surface area contributed by atoms with Crippen LogP contribution >= 0.6 is 0 Å². The van der Waals surface area contributed by atoms with Gasteiger partial charge in [0.2, 0.25) is 0 Å². The molecule has 3 rings (SSSR count). The Hall–Kier alpha value is -1.66. The minimum Gasteiger partial charge on any atom is -0.376 e. The van der Waals surface area contributed by atoms with Crippen LogP contribution in [0.25, 0.3) is 0 Å². The van der Waals surface area contributed by atoms with Gasteiger partial charge in [-0.1, -0.05) is 13.0 Å². The van der Waals surface area contributed by atoms with Gasteiger partial charge >= 0.3 is 6.03 Å². The van der Waals surface area contributed by atoms with E-state index in [2.05, 4.69) is 35.1 Å². The Morgan fingerprint density at radius 2 is 2.16 bits per heavy atom. The van der Waals surface area contributed by atoms with Gasteiger partial charge < -0.3 is 15.0 Å². The second-order valence-corrected chi connectivity index (χ2v) is 6.97. The third-order valence-corrected chi connectivity index (χ3v) is 5.43. The molecule has 0 saturated carbocycles. The van der Waals surface area contributed by atoms with Crippen LogP contribution in [0.2, 0.25) is 0 Å². The summed E-state index contributed by atoms with van der Waals surface area (Å²) in [6.07, 6.45) is 5.08. The van der Waals surface area contributed by atoms with Crippen molar-refractivity contribution in [2.75, 3.05) is 32.8 Å². The molecule has 3 atom stereocenters. The Labute approximate surface area is 150 Å². The zero-order valence-corrected chi connectivity index (χ0v) is 15.4. The summed E-state index contributed by atoms with van der Waals surface area (Å²) in [6, 6.07) is 6.49. The van der Waals surface area contributed by atoms with Crippen LogP contribution in [0.15, 0.2) is 24.4 Å². The lowest BCUT2D eigenvalue weighted by Gasteiger charge is -2.38. The van der Waals surface area contributed by atoms with Crippen LogP contribution in [-0.4, -0.2) is 65.7 Å². The fourth-order valence-electron chi connectivity index (χ4n) is 3.75. The van der Waals surface area contributed by atoms with Gasteiger partial charge in [0.15, 0.2) is 0 Å². The molecule has 6 nitrogen and oxygen atoms in total. The highest BCUT2D eigenvalue weighted by Gasteiger charge is 2.29. The van der Waals surface area contributed by atoms with Crippen LogP contribution < -0.4 is 5.32 Å². The summed E-state index contributed by atoms with van der Waals surface area (Å²) in [6.45, 7) is 8.38. The first-order valence-corrected chi connectivity index (χ1v) is 9.51. The summed E-state index contributed by atoms with van der Waals surface area (Å²) in [5.74, 6) is 0. The fourth-order valence-corrected chi connectivity index (χ4v) is 3.75. The van der Waals surface area contributed by atoms with E-state index in [1.807, 2.05) is 23.2 Å². The predicted octanol–water partition coefficient (Wildman–Crippen LogP) is 2.43. The van der Waals surface area contributed by atoms with Crippen molar-refractivity contribution >= 4 is 6.03 Å². The van der Waals surface area contributed by atoms with E-state index in [-0.39, 0.29) is 24.2 Å². The van der Waals surface area contributed by atoms with Crippen LogP contribution in [0.1, 0.15) is 44.8 Å². The predicted molar refractivity (Wildman–Crippen MR) is 97.4 cm³/mol. The number of pyridine rings is 1. The monoisotopic (exact) mass is 346 g/mol. The molecule has 25 heavy (non-hydrogen) atoms. The lowest BCUT2D eigenvalue weighted by Crippen LogP contribution is -2.55. The van der Waals surface area contributed by atoms with Gasteiger partial charge in [-0.3, -0.25) is 9.88 Å². The van der Waals surface area contributed by atoms with Crippen molar-refractivity contribution in [1.29, 1.82) is 0 Å². The number of amides is 2. The van der Waals surface area contributed by atoms with Crippen LogP contribution in [-0.2, 0) is 4.74 Å². The van der Waals surface area contributed by atoms with Gasteiger partial charge in [0.25, 0.3) is 0 Å². The number of nitrogens with zero attached hydrogens (tertiary/aromatic N) is 3. The lowest BCUT2D eigenvalue weighted by atomic mass is 10.1. The average Bonchev–Trinajstić information content (AvgIpc) is 3.20. The maximum absolute atomic E-state index is 12.6. The average molecular weight is 346 g/mol. The van der Waals surface area contributed by atoms with Gasteiger partial charge in [-0.2, -0.15) is 0 Å². The number of ether oxygens (including phenoxy) is 1. The Morgan fingerprint density at radius 1 is 1.36 bits per heavy atom. The van der Waals surface area contributed by atoms with Crippen LogP contribution in [0.3, 0.4) is 0 Å². The summed E-state index contributed by atoms with van der Waals surface area (Å²) in [5, 5.41) is 3.19. The highest BCUT2D eigenvalue weighted by molar-refractivity contribution is 5.74. The maximum Gasteiger partial charge on any atom is 0.317 e. The molecule has 0 spiro atoms. The van der Waals surface area contributed by atoms with E-state index in [1.54, 1.807) is 0 Å². The maximum atomic E-state index is 12.6. The van der Waals surface area contributed by atoms with Crippen molar-refractivity contribution in [3.8, 4) is 0 Å². The molecule has 2 fully saturated rings. The lowest BCUT2D eigenvalue weighted by molar-refractivity contribution is 0.0720. The molecule has 6 heteroatoms. The number of piperazine rings is 1. The highest BCUT2D eigenvalue weighted by atomic mass is 16.5. The number of urea groups is 1. The molecular formula is C19H30N4O2. The number of carbonyl (C=O) groups is 1. The standard InChI is InChI=1S/C19H30N4O2/c1-3-16(18-8-6-14-25-18)21-19(24)23-12-10-22(11-13-23)15(2)17-7-4-5-9-20-17/h4-5,7,9,15-16,18H,3,6,8,10-14H2,1-2H3,(H,21,24)/t15-,16+,18-/m1/s1. The molecule has 0 radical (unpaired) electrons. The van der Waals surface area contributed by atoms with E-state index in [0.29, 0.717) is 0 Å². The fraction of sp³-hybridized carbons (Fsp3) is 0.684. The zero-order valence-electron chi connectivity index (χ0n) is 15.4. The zero-order chi connectivity index (χ0) is 17.6. The second kappa shape index (κ2) is 8.63. The van der Waals surface area contributed by atoms with Gasteiger partial charge in [0.1, 0.15) is 0 Å². The van der Waals surface area contributed by atoms with E-state index in [1.165, 1.54) is 0 Å². The number of nitrogens with one attached hydrogen (secondary N) is 1. The number of rotatable bonds is 5. The molecule has 0 unspecified atom stereocenters. The molecule has 1 aromatic heterocycles. The molecule has 2 amide bonds. The SMILES string of the molecule is CC[C@H](NC(=O)N1CCN([C@H](C)c2ccccn2)CC1)[C@H]1CCCO1. The van der Waals surface area contributed by atoms with E-state index >= 15 is 0 Å². The van der Waals surface area contributed by atoms with Crippen molar-refractivity contribution < 1.29 is 9.53 Å². The number of hydrogen-bond acceptors (Lipinski definition) is 4. The van der Waals surface area contributed by atoms with E-state index < -0.39 is 0 Å². The first kappa shape index (κ1) is 18.1. The molecule has 2 aliphatic rings. The molecule has 2 aliphatic heterocycles. The molecular weight excluding hydrogens is 316 g/mol. The summed E-state index contributed by atoms with van der Waals surface area (Å²) in [5.41, 5.74) is 1.09. The molecule has 3 heterocycles. The van der Waals surface area contributed by atoms with Crippen molar-refractivity contribution in [1.82, 2.24) is 20.1 Å². The van der Waals surface area contributed by atoms with E-state index in [0.717, 1.165) is 57.7 Å². The van der Waals surface area contributed by atoms with Gasteiger partial charge in [-0.05, 0) is 38.3 Å².